The molecule has 0 aromatic heterocycles. The maximum atomic E-state index is 6.24. The molecular formula is C15H20Cl2O2. The van der Waals surface area contributed by atoms with Crippen molar-refractivity contribution < 1.29 is 9.47 Å². The van der Waals surface area contributed by atoms with E-state index in [1.54, 1.807) is 6.07 Å². The van der Waals surface area contributed by atoms with E-state index in [4.69, 9.17) is 32.7 Å². The third-order valence-corrected chi connectivity index (χ3v) is 3.90. The summed E-state index contributed by atoms with van der Waals surface area (Å²) in [5, 5.41) is 1.24. The Morgan fingerprint density at radius 2 is 2.05 bits per heavy atom. The van der Waals surface area contributed by atoms with Crippen LogP contribution in [0.2, 0.25) is 10.0 Å². The maximum absolute atomic E-state index is 6.24. The highest BCUT2D eigenvalue weighted by molar-refractivity contribution is 6.35. The van der Waals surface area contributed by atoms with E-state index < -0.39 is 0 Å². The van der Waals surface area contributed by atoms with Gasteiger partial charge in [-0.2, -0.15) is 0 Å². The molecule has 1 aromatic carbocycles. The topological polar surface area (TPSA) is 21.8 Å². The first-order valence-corrected chi connectivity index (χ1v) is 7.54. The van der Waals surface area contributed by atoms with Gasteiger partial charge < -0.3 is 9.47 Å². The van der Waals surface area contributed by atoms with Crippen LogP contribution in [0.3, 0.4) is 0 Å². The second kappa shape index (κ2) is 6.34. The minimum Gasteiger partial charge on any atom is -0.492 e. The zero-order chi connectivity index (χ0) is 14.0. The minimum absolute atomic E-state index is 0.344. The first kappa shape index (κ1) is 15.0. The summed E-state index contributed by atoms with van der Waals surface area (Å²) >= 11 is 12.3. The number of hydrogen-bond acceptors (Lipinski definition) is 2. The molecule has 1 fully saturated rings. The largest absolute Gasteiger partial charge is 0.492 e. The van der Waals surface area contributed by atoms with Gasteiger partial charge in [-0.1, -0.05) is 37.0 Å². The van der Waals surface area contributed by atoms with Gasteiger partial charge >= 0.3 is 0 Å². The molecule has 0 radical (unpaired) electrons. The molecule has 1 aliphatic rings. The number of rotatable bonds is 6. The lowest BCUT2D eigenvalue weighted by molar-refractivity contribution is 0.305. The van der Waals surface area contributed by atoms with Crippen molar-refractivity contribution in [3.05, 3.63) is 27.7 Å². The lowest BCUT2D eigenvalue weighted by Crippen LogP contribution is -2.11. The van der Waals surface area contributed by atoms with Crippen molar-refractivity contribution in [3.8, 4) is 5.75 Å². The third-order valence-electron chi connectivity index (χ3n) is 3.40. The molecule has 4 heteroatoms. The summed E-state index contributed by atoms with van der Waals surface area (Å²) in [6.45, 7) is 7.03. The van der Waals surface area contributed by atoms with Crippen molar-refractivity contribution in [3.63, 3.8) is 0 Å². The normalized spacial score (nSPS) is 23.2. The van der Waals surface area contributed by atoms with Crippen LogP contribution >= 0.6 is 23.2 Å². The van der Waals surface area contributed by atoms with E-state index in [9.17, 15) is 0 Å². The van der Waals surface area contributed by atoms with Gasteiger partial charge in [0.05, 0.1) is 23.8 Å². The van der Waals surface area contributed by atoms with Crippen molar-refractivity contribution in [1.29, 1.82) is 0 Å². The van der Waals surface area contributed by atoms with E-state index >= 15 is 0 Å². The molecule has 0 aliphatic carbocycles. The van der Waals surface area contributed by atoms with Crippen LogP contribution in [0.5, 0.6) is 5.75 Å². The summed E-state index contributed by atoms with van der Waals surface area (Å²) in [5.74, 6) is 1.21. The highest BCUT2D eigenvalue weighted by atomic mass is 35.5. The quantitative estimate of drug-likeness (QED) is 0.707. The Morgan fingerprint density at radius 3 is 2.63 bits per heavy atom. The molecule has 3 unspecified atom stereocenters. The fourth-order valence-corrected chi connectivity index (χ4v) is 2.98. The third kappa shape index (κ3) is 3.77. The highest BCUT2D eigenvalue weighted by Gasteiger charge is 2.39. The second-order valence-electron chi connectivity index (χ2n) is 5.21. The van der Waals surface area contributed by atoms with Gasteiger partial charge in [0.1, 0.15) is 5.75 Å². The van der Waals surface area contributed by atoms with Crippen LogP contribution in [0.4, 0.5) is 0 Å². The average molecular weight is 303 g/mol. The Kier molecular flexibility index (Phi) is 4.99. The lowest BCUT2D eigenvalue weighted by atomic mass is 9.96. The average Bonchev–Trinajstić information content (AvgIpc) is 3.05. The van der Waals surface area contributed by atoms with Crippen LogP contribution in [0.1, 0.15) is 32.8 Å². The molecule has 0 amide bonds. The Labute approximate surface area is 125 Å². The van der Waals surface area contributed by atoms with Crippen LogP contribution in [-0.4, -0.2) is 18.8 Å². The predicted octanol–water partition coefficient (Wildman–Crippen LogP) is 4.75. The summed E-state index contributed by atoms with van der Waals surface area (Å²) in [5.41, 5.74) is 1.07. The highest BCUT2D eigenvalue weighted by Crippen LogP contribution is 2.37. The Morgan fingerprint density at radius 1 is 1.37 bits per heavy atom. The van der Waals surface area contributed by atoms with E-state index in [1.165, 1.54) is 0 Å². The van der Waals surface area contributed by atoms with Crippen LogP contribution in [0, 0.1) is 5.92 Å². The molecule has 0 spiro atoms. The summed E-state index contributed by atoms with van der Waals surface area (Å²) < 4.78 is 11.3. The molecule has 1 aliphatic heterocycles. The summed E-state index contributed by atoms with van der Waals surface area (Å²) in [7, 11) is 0. The van der Waals surface area contributed by atoms with Crippen molar-refractivity contribution in [2.75, 3.05) is 6.61 Å². The lowest BCUT2D eigenvalue weighted by Gasteiger charge is -2.16. The van der Waals surface area contributed by atoms with Gasteiger partial charge in [0.2, 0.25) is 0 Å². The molecular weight excluding hydrogens is 283 g/mol. The maximum Gasteiger partial charge on any atom is 0.141 e. The zero-order valence-electron chi connectivity index (χ0n) is 11.6. The van der Waals surface area contributed by atoms with Crippen molar-refractivity contribution >= 4 is 23.2 Å². The monoisotopic (exact) mass is 302 g/mol. The number of epoxide rings is 1. The van der Waals surface area contributed by atoms with Crippen LogP contribution < -0.4 is 4.74 Å². The molecule has 1 saturated heterocycles. The van der Waals surface area contributed by atoms with E-state index in [0.717, 1.165) is 24.2 Å². The summed E-state index contributed by atoms with van der Waals surface area (Å²) in [6.07, 6.45) is 2.53. The van der Waals surface area contributed by atoms with Gasteiger partial charge in [-0.05, 0) is 43.4 Å². The van der Waals surface area contributed by atoms with Gasteiger partial charge in [0.25, 0.3) is 0 Å². The first-order chi connectivity index (χ1) is 9.02. The van der Waals surface area contributed by atoms with Crippen molar-refractivity contribution in [2.24, 2.45) is 5.92 Å². The molecule has 1 heterocycles. The standard InChI is InChI=1S/C15H20Cl2O2/c1-4-5-18-15-11(7-12(16)8-13(15)17)6-9(2)14-10(3)19-14/h7-10,14H,4-6H2,1-3H3. The van der Waals surface area contributed by atoms with Gasteiger partial charge in [-0.15, -0.1) is 0 Å². The zero-order valence-corrected chi connectivity index (χ0v) is 13.1. The smallest absolute Gasteiger partial charge is 0.141 e. The number of ether oxygens (including phenoxy) is 2. The van der Waals surface area contributed by atoms with Gasteiger partial charge in [-0.3, -0.25) is 0 Å². The number of benzene rings is 1. The molecule has 19 heavy (non-hydrogen) atoms. The fraction of sp³-hybridized carbons (Fsp3) is 0.600. The van der Waals surface area contributed by atoms with Crippen molar-refractivity contribution in [1.82, 2.24) is 0 Å². The molecule has 2 rings (SSSR count). The molecule has 1 aromatic rings. The predicted molar refractivity (Wildman–Crippen MR) is 79.5 cm³/mol. The summed E-state index contributed by atoms with van der Waals surface area (Å²) in [6, 6.07) is 3.68. The SMILES string of the molecule is CCCOc1c(Cl)cc(Cl)cc1CC(C)C1OC1C. The molecule has 0 N–H and O–H groups in total. The van der Waals surface area contributed by atoms with E-state index in [2.05, 4.69) is 20.8 Å². The Bertz CT molecular complexity index is 448. The first-order valence-electron chi connectivity index (χ1n) is 6.79. The second-order valence-corrected chi connectivity index (χ2v) is 6.06. The Hall–Kier alpha value is -0.440. The van der Waals surface area contributed by atoms with E-state index in [0.29, 0.717) is 34.8 Å². The molecule has 3 atom stereocenters. The molecule has 0 bridgehead atoms. The van der Waals surface area contributed by atoms with Crippen LogP contribution in [0.25, 0.3) is 0 Å². The van der Waals surface area contributed by atoms with Gasteiger partial charge in [-0.25, -0.2) is 0 Å². The van der Waals surface area contributed by atoms with Gasteiger partial charge in [0, 0.05) is 5.02 Å². The van der Waals surface area contributed by atoms with Crippen molar-refractivity contribution in [2.45, 2.75) is 45.8 Å². The van der Waals surface area contributed by atoms with Crippen LogP contribution in [-0.2, 0) is 11.2 Å². The molecule has 0 saturated carbocycles. The van der Waals surface area contributed by atoms with Gasteiger partial charge in [0.15, 0.2) is 0 Å². The number of hydrogen-bond donors (Lipinski definition) is 0. The van der Waals surface area contributed by atoms with E-state index in [-0.39, 0.29) is 0 Å². The molecule has 2 nitrogen and oxygen atoms in total. The van der Waals surface area contributed by atoms with Crippen LogP contribution in [0.15, 0.2) is 12.1 Å². The minimum atomic E-state index is 0.344. The Balaban J connectivity index is 2.16. The number of halogens is 2. The summed E-state index contributed by atoms with van der Waals surface area (Å²) in [4.78, 5) is 0. The van der Waals surface area contributed by atoms with E-state index in [1.807, 2.05) is 6.07 Å². The fourth-order valence-electron chi connectivity index (χ4n) is 2.39. The molecule has 106 valence electrons.